The highest BCUT2D eigenvalue weighted by Gasteiger charge is 2.05. The van der Waals surface area contributed by atoms with E-state index in [2.05, 4.69) is 15.4 Å². The number of aromatic nitrogens is 3. The lowest BCUT2D eigenvalue weighted by Gasteiger charge is -2.10. The molecule has 2 aromatic heterocycles. The van der Waals surface area contributed by atoms with Crippen molar-refractivity contribution in [3.05, 3.63) is 54.5 Å². The molecule has 1 amide bonds. The molecule has 2 heterocycles. The summed E-state index contributed by atoms with van der Waals surface area (Å²) in [5, 5.41) is 8.05. The van der Waals surface area contributed by atoms with Gasteiger partial charge in [0.05, 0.1) is 6.54 Å². The van der Waals surface area contributed by atoms with Crippen LogP contribution in [0.5, 0.6) is 5.75 Å². The van der Waals surface area contributed by atoms with Crippen LogP contribution >= 0.6 is 0 Å². The first kappa shape index (κ1) is 16.0. The molecule has 124 valence electrons. The van der Waals surface area contributed by atoms with E-state index in [4.69, 9.17) is 4.74 Å². The molecule has 24 heavy (non-hydrogen) atoms. The fourth-order valence-corrected chi connectivity index (χ4v) is 2.47. The minimum absolute atomic E-state index is 0.00968. The van der Waals surface area contributed by atoms with Gasteiger partial charge in [0, 0.05) is 36.4 Å². The summed E-state index contributed by atoms with van der Waals surface area (Å²) in [7, 11) is 0. The van der Waals surface area contributed by atoms with Gasteiger partial charge in [0.2, 0.25) is 5.91 Å². The molecule has 0 bridgehead atoms. The van der Waals surface area contributed by atoms with Crippen molar-refractivity contribution in [2.75, 3.05) is 13.2 Å². The summed E-state index contributed by atoms with van der Waals surface area (Å²) in [5.74, 6) is 0.721. The molecule has 3 rings (SSSR count). The zero-order valence-corrected chi connectivity index (χ0v) is 13.6. The van der Waals surface area contributed by atoms with Gasteiger partial charge in [-0.2, -0.15) is 5.10 Å². The first-order valence-electron chi connectivity index (χ1n) is 7.96. The van der Waals surface area contributed by atoms with E-state index in [1.54, 1.807) is 12.4 Å². The molecule has 0 aliphatic rings. The highest BCUT2D eigenvalue weighted by Crippen LogP contribution is 2.22. The minimum atomic E-state index is -0.00968. The first-order chi connectivity index (χ1) is 11.7. The predicted octanol–water partition coefficient (Wildman–Crippen LogP) is 2.33. The molecule has 6 heteroatoms. The third-order valence-corrected chi connectivity index (χ3v) is 3.76. The molecular formula is C18H20N4O2. The van der Waals surface area contributed by atoms with Crippen molar-refractivity contribution in [3.63, 3.8) is 0 Å². The average Bonchev–Trinajstić information content (AvgIpc) is 3.02. The number of ether oxygens (including phenoxy) is 1. The van der Waals surface area contributed by atoms with Gasteiger partial charge < -0.3 is 10.1 Å². The normalized spacial score (nSPS) is 10.7. The SMILES string of the molecule is Cc1ccnn1CCC(=O)NCCOc1cccc2cccnc12. The minimum Gasteiger partial charge on any atom is -0.489 e. The second kappa shape index (κ2) is 7.59. The Balaban J connectivity index is 1.43. The van der Waals surface area contributed by atoms with E-state index < -0.39 is 0 Å². The van der Waals surface area contributed by atoms with Crippen LogP contribution in [-0.2, 0) is 11.3 Å². The number of benzene rings is 1. The lowest BCUT2D eigenvalue weighted by molar-refractivity contribution is -0.121. The monoisotopic (exact) mass is 324 g/mol. The van der Waals surface area contributed by atoms with Gasteiger partial charge in [0.25, 0.3) is 0 Å². The van der Waals surface area contributed by atoms with Crippen molar-refractivity contribution >= 4 is 16.8 Å². The molecule has 3 aromatic rings. The fraction of sp³-hybridized carbons (Fsp3) is 0.278. The van der Waals surface area contributed by atoms with Gasteiger partial charge in [-0.15, -0.1) is 0 Å². The van der Waals surface area contributed by atoms with Gasteiger partial charge in [-0.25, -0.2) is 0 Å². The van der Waals surface area contributed by atoms with E-state index in [0.717, 1.165) is 22.3 Å². The molecular weight excluding hydrogens is 304 g/mol. The second-order valence-electron chi connectivity index (χ2n) is 5.48. The maximum atomic E-state index is 11.9. The van der Waals surface area contributed by atoms with Crippen molar-refractivity contribution < 1.29 is 9.53 Å². The number of rotatable bonds is 7. The number of hydrogen-bond acceptors (Lipinski definition) is 4. The Morgan fingerprint density at radius 2 is 2.08 bits per heavy atom. The van der Waals surface area contributed by atoms with Crippen LogP contribution in [0.25, 0.3) is 10.9 Å². The second-order valence-corrected chi connectivity index (χ2v) is 5.48. The quantitative estimate of drug-likeness (QED) is 0.677. The summed E-state index contributed by atoms with van der Waals surface area (Å²) in [6.45, 7) is 3.41. The number of aryl methyl sites for hydroxylation is 2. The summed E-state index contributed by atoms with van der Waals surface area (Å²) in [5.41, 5.74) is 1.88. The number of fused-ring (bicyclic) bond motifs is 1. The topological polar surface area (TPSA) is 69.0 Å². The number of carbonyl (C=O) groups excluding carboxylic acids is 1. The molecule has 0 radical (unpaired) electrons. The molecule has 1 N–H and O–H groups in total. The van der Waals surface area contributed by atoms with Crippen LogP contribution < -0.4 is 10.1 Å². The Bertz CT molecular complexity index is 823. The Morgan fingerprint density at radius 1 is 1.21 bits per heavy atom. The molecule has 0 atom stereocenters. The smallest absolute Gasteiger partial charge is 0.221 e. The third kappa shape index (κ3) is 3.90. The van der Waals surface area contributed by atoms with Crippen molar-refractivity contribution in [3.8, 4) is 5.75 Å². The van der Waals surface area contributed by atoms with E-state index in [-0.39, 0.29) is 5.91 Å². The average molecular weight is 324 g/mol. The number of carbonyl (C=O) groups is 1. The summed E-state index contributed by atoms with van der Waals surface area (Å²) in [6.07, 6.45) is 3.88. The van der Waals surface area contributed by atoms with Gasteiger partial charge in [0.15, 0.2) is 0 Å². The number of hydrogen-bond donors (Lipinski definition) is 1. The molecule has 0 spiro atoms. The highest BCUT2D eigenvalue weighted by atomic mass is 16.5. The van der Waals surface area contributed by atoms with Gasteiger partial charge in [-0.3, -0.25) is 14.5 Å². The molecule has 0 aliphatic heterocycles. The molecule has 6 nitrogen and oxygen atoms in total. The molecule has 0 saturated carbocycles. The molecule has 1 aromatic carbocycles. The zero-order valence-electron chi connectivity index (χ0n) is 13.6. The Labute approximate surface area is 140 Å². The van der Waals surface area contributed by atoms with Gasteiger partial charge in [-0.1, -0.05) is 18.2 Å². The number of nitrogens with one attached hydrogen (secondary N) is 1. The van der Waals surface area contributed by atoms with Gasteiger partial charge in [0.1, 0.15) is 17.9 Å². The predicted molar refractivity (Wildman–Crippen MR) is 91.8 cm³/mol. The van der Waals surface area contributed by atoms with E-state index in [1.165, 1.54) is 0 Å². The van der Waals surface area contributed by atoms with Crippen LogP contribution in [0.4, 0.5) is 0 Å². The summed E-state index contributed by atoms with van der Waals surface area (Å²) in [6, 6.07) is 11.6. The van der Waals surface area contributed by atoms with Crippen molar-refractivity contribution in [1.82, 2.24) is 20.1 Å². The third-order valence-electron chi connectivity index (χ3n) is 3.76. The fourth-order valence-electron chi connectivity index (χ4n) is 2.47. The number of para-hydroxylation sites is 1. The maximum absolute atomic E-state index is 11.9. The number of nitrogens with zero attached hydrogens (tertiary/aromatic N) is 3. The van der Waals surface area contributed by atoms with Crippen LogP contribution in [0.1, 0.15) is 12.1 Å². The van der Waals surface area contributed by atoms with Crippen molar-refractivity contribution in [1.29, 1.82) is 0 Å². The van der Waals surface area contributed by atoms with Crippen molar-refractivity contribution in [2.45, 2.75) is 19.9 Å². The zero-order chi connectivity index (χ0) is 16.8. The maximum Gasteiger partial charge on any atom is 0.221 e. The lowest BCUT2D eigenvalue weighted by Crippen LogP contribution is -2.29. The Morgan fingerprint density at radius 3 is 2.92 bits per heavy atom. The summed E-state index contributed by atoms with van der Waals surface area (Å²) >= 11 is 0. The number of pyridine rings is 1. The van der Waals surface area contributed by atoms with Gasteiger partial charge >= 0.3 is 0 Å². The summed E-state index contributed by atoms with van der Waals surface area (Å²) < 4.78 is 7.56. The number of amides is 1. The lowest BCUT2D eigenvalue weighted by atomic mass is 10.2. The molecule has 0 unspecified atom stereocenters. The van der Waals surface area contributed by atoms with E-state index in [1.807, 2.05) is 48.0 Å². The van der Waals surface area contributed by atoms with E-state index in [0.29, 0.717) is 26.1 Å². The van der Waals surface area contributed by atoms with Crippen LogP contribution in [0, 0.1) is 6.92 Å². The highest BCUT2D eigenvalue weighted by molar-refractivity contribution is 5.84. The van der Waals surface area contributed by atoms with Crippen LogP contribution in [0.2, 0.25) is 0 Å². The first-order valence-corrected chi connectivity index (χ1v) is 7.96. The standard InChI is InChI=1S/C18H20N4O2/c1-14-7-10-21-22(14)12-8-17(23)19-11-13-24-16-6-2-4-15-5-3-9-20-18(15)16/h2-7,9-10H,8,11-13H2,1H3,(H,19,23). The Hall–Kier alpha value is -2.89. The summed E-state index contributed by atoms with van der Waals surface area (Å²) in [4.78, 5) is 16.2. The van der Waals surface area contributed by atoms with Gasteiger partial charge in [-0.05, 0) is 25.1 Å². The molecule has 0 aliphatic carbocycles. The molecule has 0 fully saturated rings. The molecule has 0 saturated heterocycles. The van der Waals surface area contributed by atoms with Crippen molar-refractivity contribution in [2.24, 2.45) is 0 Å². The van der Waals surface area contributed by atoms with E-state index >= 15 is 0 Å². The van der Waals surface area contributed by atoms with E-state index in [9.17, 15) is 4.79 Å². The van der Waals surface area contributed by atoms with Crippen LogP contribution in [0.15, 0.2) is 48.8 Å². The Kier molecular flexibility index (Phi) is 5.05. The van der Waals surface area contributed by atoms with Crippen LogP contribution in [0.3, 0.4) is 0 Å². The van der Waals surface area contributed by atoms with Crippen LogP contribution in [-0.4, -0.2) is 33.8 Å². The largest absolute Gasteiger partial charge is 0.489 e.